The van der Waals surface area contributed by atoms with Crippen molar-refractivity contribution in [3.8, 4) is 6.07 Å². The van der Waals surface area contributed by atoms with Crippen LogP contribution in [0.1, 0.15) is 20.3 Å². The second-order valence-corrected chi connectivity index (χ2v) is 4.78. The van der Waals surface area contributed by atoms with Crippen molar-refractivity contribution in [2.75, 3.05) is 45.8 Å². The first-order valence-corrected chi connectivity index (χ1v) is 6.77. The maximum absolute atomic E-state index is 12.1. The zero-order valence-electron chi connectivity index (χ0n) is 11.5. The predicted octanol–water partition coefficient (Wildman–Crippen LogP) is 0.290. The van der Waals surface area contributed by atoms with Gasteiger partial charge in [0.15, 0.2) is 0 Å². The molecule has 1 rings (SSSR count). The number of nitrogens with zero attached hydrogens (tertiary/aromatic N) is 3. The zero-order valence-corrected chi connectivity index (χ0v) is 11.5. The highest BCUT2D eigenvalue weighted by Crippen LogP contribution is 2.07. The molecule has 102 valence electrons. The number of hydrogen-bond donors (Lipinski definition) is 1. The highest BCUT2D eigenvalue weighted by Gasteiger charge is 2.24. The molecule has 1 unspecified atom stereocenters. The highest BCUT2D eigenvalue weighted by atomic mass is 16.2. The predicted molar refractivity (Wildman–Crippen MR) is 71.0 cm³/mol. The molecule has 0 saturated carbocycles. The summed E-state index contributed by atoms with van der Waals surface area (Å²) in [6, 6.07) is 2.16. The molecule has 1 atom stereocenters. The lowest BCUT2D eigenvalue weighted by Crippen LogP contribution is -2.51. The lowest BCUT2D eigenvalue weighted by Gasteiger charge is -2.35. The van der Waals surface area contributed by atoms with Crippen molar-refractivity contribution in [1.29, 1.82) is 5.26 Å². The van der Waals surface area contributed by atoms with E-state index < -0.39 is 0 Å². The van der Waals surface area contributed by atoms with E-state index in [0.717, 1.165) is 45.8 Å². The molecule has 1 N–H and O–H groups in total. The van der Waals surface area contributed by atoms with Gasteiger partial charge in [-0.2, -0.15) is 5.26 Å². The number of piperazine rings is 1. The van der Waals surface area contributed by atoms with Crippen LogP contribution < -0.4 is 5.32 Å². The molecular formula is C13H24N4O. The smallest absolute Gasteiger partial charge is 0.226 e. The molecule has 1 aliphatic heterocycles. The second kappa shape index (κ2) is 8.06. The van der Waals surface area contributed by atoms with E-state index in [4.69, 9.17) is 5.26 Å². The molecule has 0 bridgehead atoms. The van der Waals surface area contributed by atoms with Gasteiger partial charge in [-0.15, -0.1) is 0 Å². The van der Waals surface area contributed by atoms with Crippen molar-refractivity contribution in [1.82, 2.24) is 15.1 Å². The Labute approximate surface area is 110 Å². The molecule has 5 nitrogen and oxygen atoms in total. The fraction of sp³-hybridized carbons (Fsp3) is 0.846. The molecule has 0 aromatic carbocycles. The number of amides is 1. The molecule has 1 saturated heterocycles. The fourth-order valence-corrected chi connectivity index (χ4v) is 2.16. The average Bonchev–Trinajstić information content (AvgIpc) is 2.42. The van der Waals surface area contributed by atoms with Gasteiger partial charge in [0.2, 0.25) is 5.91 Å². The molecule has 18 heavy (non-hydrogen) atoms. The molecule has 0 radical (unpaired) electrons. The quantitative estimate of drug-likeness (QED) is 0.738. The minimum atomic E-state index is 0.0515. The van der Waals surface area contributed by atoms with Gasteiger partial charge in [0.05, 0.1) is 6.07 Å². The summed E-state index contributed by atoms with van der Waals surface area (Å²) in [6.07, 6.45) is 0.574. The molecule has 5 heteroatoms. The summed E-state index contributed by atoms with van der Waals surface area (Å²) in [6.45, 7) is 9.87. The van der Waals surface area contributed by atoms with Crippen LogP contribution in [0.4, 0.5) is 0 Å². The Morgan fingerprint density at radius 3 is 2.61 bits per heavy atom. The van der Waals surface area contributed by atoms with Crippen LogP contribution in [-0.4, -0.2) is 61.5 Å². The largest absolute Gasteiger partial charge is 0.340 e. The van der Waals surface area contributed by atoms with Gasteiger partial charge < -0.3 is 10.2 Å². The first-order valence-electron chi connectivity index (χ1n) is 6.77. The van der Waals surface area contributed by atoms with Crippen LogP contribution in [-0.2, 0) is 4.79 Å². The SMILES string of the molecule is CCNCC(C)C(=O)N1CCN(CCC#N)CC1. The summed E-state index contributed by atoms with van der Waals surface area (Å²) < 4.78 is 0. The Morgan fingerprint density at radius 2 is 2.06 bits per heavy atom. The third-order valence-corrected chi connectivity index (χ3v) is 3.35. The monoisotopic (exact) mass is 252 g/mol. The van der Waals surface area contributed by atoms with E-state index in [1.807, 2.05) is 18.7 Å². The third kappa shape index (κ3) is 4.63. The number of carbonyl (C=O) groups excluding carboxylic acids is 1. The number of nitriles is 1. The molecule has 0 aliphatic carbocycles. The van der Waals surface area contributed by atoms with E-state index in [1.165, 1.54) is 0 Å². The standard InChI is InChI=1S/C13H24N4O/c1-3-15-11-12(2)13(18)17-9-7-16(8-10-17)6-4-5-14/h12,15H,3-4,6-11H2,1-2H3. The summed E-state index contributed by atoms with van der Waals surface area (Å²) in [5, 5.41) is 11.8. The van der Waals surface area contributed by atoms with Crippen LogP contribution in [0.2, 0.25) is 0 Å². The molecule has 1 aliphatic rings. The van der Waals surface area contributed by atoms with E-state index >= 15 is 0 Å². The number of nitrogens with one attached hydrogen (secondary N) is 1. The lowest BCUT2D eigenvalue weighted by molar-refractivity contribution is -0.136. The average molecular weight is 252 g/mol. The summed E-state index contributed by atoms with van der Waals surface area (Å²) in [5.74, 6) is 0.298. The van der Waals surface area contributed by atoms with E-state index in [9.17, 15) is 4.79 Å². The van der Waals surface area contributed by atoms with Crippen LogP contribution in [0.5, 0.6) is 0 Å². The van der Waals surface area contributed by atoms with Gasteiger partial charge >= 0.3 is 0 Å². The van der Waals surface area contributed by atoms with E-state index in [0.29, 0.717) is 6.42 Å². The summed E-state index contributed by atoms with van der Waals surface area (Å²) >= 11 is 0. The van der Waals surface area contributed by atoms with Crippen LogP contribution in [0.25, 0.3) is 0 Å². The Balaban J connectivity index is 2.29. The number of carbonyl (C=O) groups is 1. The van der Waals surface area contributed by atoms with Gasteiger partial charge in [-0.25, -0.2) is 0 Å². The molecular weight excluding hydrogens is 228 g/mol. The van der Waals surface area contributed by atoms with Crippen LogP contribution in [0.3, 0.4) is 0 Å². The van der Waals surface area contributed by atoms with Crippen LogP contribution in [0.15, 0.2) is 0 Å². The van der Waals surface area contributed by atoms with Crippen LogP contribution >= 0.6 is 0 Å². The maximum atomic E-state index is 12.1. The summed E-state index contributed by atoms with van der Waals surface area (Å²) in [5.41, 5.74) is 0. The first kappa shape index (κ1) is 14.9. The van der Waals surface area contributed by atoms with Crippen molar-refractivity contribution < 1.29 is 4.79 Å². The van der Waals surface area contributed by atoms with Gasteiger partial charge in [0.1, 0.15) is 0 Å². The Morgan fingerprint density at radius 1 is 1.39 bits per heavy atom. The molecule has 0 aromatic rings. The van der Waals surface area contributed by atoms with Crippen molar-refractivity contribution in [3.63, 3.8) is 0 Å². The number of rotatable bonds is 6. The minimum Gasteiger partial charge on any atom is -0.340 e. The highest BCUT2D eigenvalue weighted by molar-refractivity contribution is 5.78. The Kier molecular flexibility index (Phi) is 6.69. The van der Waals surface area contributed by atoms with Gasteiger partial charge in [0, 0.05) is 51.6 Å². The summed E-state index contributed by atoms with van der Waals surface area (Å²) in [7, 11) is 0. The van der Waals surface area contributed by atoms with Crippen molar-refractivity contribution in [3.05, 3.63) is 0 Å². The van der Waals surface area contributed by atoms with Crippen molar-refractivity contribution in [2.24, 2.45) is 5.92 Å². The maximum Gasteiger partial charge on any atom is 0.226 e. The van der Waals surface area contributed by atoms with Gasteiger partial charge in [-0.3, -0.25) is 9.69 Å². The van der Waals surface area contributed by atoms with Gasteiger partial charge in [0.25, 0.3) is 0 Å². The van der Waals surface area contributed by atoms with Crippen LogP contribution in [0, 0.1) is 17.2 Å². The van der Waals surface area contributed by atoms with E-state index in [1.54, 1.807) is 0 Å². The zero-order chi connectivity index (χ0) is 13.4. The van der Waals surface area contributed by atoms with Crippen molar-refractivity contribution >= 4 is 5.91 Å². The number of hydrogen-bond acceptors (Lipinski definition) is 4. The normalized spacial score (nSPS) is 18.4. The molecule has 0 aromatic heterocycles. The van der Waals surface area contributed by atoms with Gasteiger partial charge in [-0.1, -0.05) is 13.8 Å². The summed E-state index contributed by atoms with van der Waals surface area (Å²) in [4.78, 5) is 16.3. The van der Waals surface area contributed by atoms with E-state index in [-0.39, 0.29) is 11.8 Å². The van der Waals surface area contributed by atoms with Gasteiger partial charge in [-0.05, 0) is 6.54 Å². The minimum absolute atomic E-state index is 0.0515. The molecule has 1 fully saturated rings. The topological polar surface area (TPSA) is 59.4 Å². The third-order valence-electron chi connectivity index (χ3n) is 3.35. The fourth-order valence-electron chi connectivity index (χ4n) is 2.16. The van der Waals surface area contributed by atoms with Crippen molar-refractivity contribution in [2.45, 2.75) is 20.3 Å². The Hall–Kier alpha value is -1.12. The first-order chi connectivity index (χ1) is 8.69. The molecule has 0 spiro atoms. The van der Waals surface area contributed by atoms with E-state index in [2.05, 4.69) is 16.3 Å². The lowest BCUT2D eigenvalue weighted by atomic mass is 10.1. The molecule has 1 amide bonds. The second-order valence-electron chi connectivity index (χ2n) is 4.78. The molecule has 1 heterocycles. The Bertz CT molecular complexity index is 292.